The molecule has 118 valence electrons. The molecule has 1 saturated heterocycles. The molecule has 1 fully saturated rings. The van der Waals surface area contributed by atoms with Gasteiger partial charge in [0.25, 0.3) is 0 Å². The maximum atomic E-state index is 12.4. The smallest absolute Gasteiger partial charge is 0.241 e. The van der Waals surface area contributed by atoms with Crippen LogP contribution in [0.1, 0.15) is 16.7 Å². The average Bonchev–Trinajstić information content (AvgIpc) is 2.56. The van der Waals surface area contributed by atoms with Gasteiger partial charge in [-0.2, -0.15) is 0 Å². The Labute approximate surface area is 125 Å². The molecule has 2 rings (SSSR count). The maximum absolute atomic E-state index is 12.4. The summed E-state index contributed by atoms with van der Waals surface area (Å²) in [5.41, 5.74) is 2.40. The van der Waals surface area contributed by atoms with Crippen LogP contribution in [0, 0.1) is 20.8 Å². The van der Waals surface area contributed by atoms with Gasteiger partial charge in [-0.25, -0.2) is 21.6 Å². The van der Waals surface area contributed by atoms with Gasteiger partial charge in [-0.1, -0.05) is 6.07 Å². The molecule has 0 spiro atoms. The first kappa shape index (κ1) is 16.4. The monoisotopic (exact) mass is 333 g/mol. The zero-order valence-electron chi connectivity index (χ0n) is 12.1. The molecule has 0 amide bonds. The normalized spacial score (nSPS) is 25.1. The van der Waals surface area contributed by atoms with Gasteiger partial charge in [0, 0.05) is 0 Å². The highest BCUT2D eigenvalue weighted by atomic mass is 32.2. The molecule has 1 aliphatic rings. The molecule has 8 heteroatoms. The van der Waals surface area contributed by atoms with E-state index in [9.17, 15) is 21.9 Å². The molecule has 1 aliphatic heterocycles. The van der Waals surface area contributed by atoms with E-state index >= 15 is 0 Å². The van der Waals surface area contributed by atoms with E-state index in [0.717, 1.165) is 11.1 Å². The van der Waals surface area contributed by atoms with Crippen molar-refractivity contribution in [1.29, 1.82) is 0 Å². The van der Waals surface area contributed by atoms with E-state index in [2.05, 4.69) is 4.72 Å². The van der Waals surface area contributed by atoms with Gasteiger partial charge in [0.2, 0.25) is 10.0 Å². The van der Waals surface area contributed by atoms with Crippen LogP contribution < -0.4 is 4.72 Å². The summed E-state index contributed by atoms with van der Waals surface area (Å²) in [7, 11) is -7.27. The number of benzene rings is 1. The second kappa shape index (κ2) is 5.35. The summed E-state index contributed by atoms with van der Waals surface area (Å²) in [5, 5.41) is 9.70. The van der Waals surface area contributed by atoms with Gasteiger partial charge in [-0.05, 0) is 43.5 Å². The molecule has 0 aromatic heterocycles. The van der Waals surface area contributed by atoms with Crippen molar-refractivity contribution in [3.8, 4) is 0 Å². The second-order valence-corrected chi connectivity index (χ2v) is 9.41. The topological polar surface area (TPSA) is 101 Å². The summed E-state index contributed by atoms with van der Waals surface area (Å²) in [5.74, 6) is -0.788. The van der Waals surface area contributed by atoms with E-state index < -0.39 is 37.8 Å². The number of sulfonamides is 1. The van der Waals surface area contributed by atoms with Crippen molar-refractivity contribution < 1.29 is 21.9 Å². The van der Waals surface area contributed by atoms with Gasteiger partial charge in [0.1, 0.15) is 0 Å². The third kappa shape index (κ3) is 3.45. The minimum Gasteiger partial charge on any atom is -0.390 e. The number of hydrogen-bond donors (Lipinski definition) is 2. The third-order valence-corrected chi connectivity index (χ3v) is 7.06. The summed E-state index contributed by atoms with van der Waals surface area (Å²) in [6.07, 6.45) is -1.21. The predicted molar refractivity (Wildman–Crippen MR) is 79.4 cm³/mol. The SMILES string of the molecule is Cc1cc(C)c(S(=O)(=O)N[C@@H]2CS(=O)(=O)C[C@H]2O)cc1C. The minimum atomic E-state index is -3.87. The summed E-state index contributed by atoms with van der Waals surface area (Å²) >= 11 is 0. The van der Waals surface area contributed by atoms with Crippen LogP contribution in [0.25, 0.3) is 0 Å². The Morgan fingerprint density at radius 2 is 1.67 bits per heavy atom. The first-order valence-corrected chi connectivity index (χ1v) is 9.81. The zero-order valence-corrected chi connectivity index (χ0v) is 13.8. The number of rotatable bonds is 3. The summed E-state index contributed by atoms with van der Waals surface area (Å²) in [6.45, 7) is 5.38. The Morgan fingerprint density at radius 1 is 1.10 bits per heavy atom. The fraction of sp³-hybridized carbons (Fsp3) is 0.538. The van der Waals surface area contributed by atoms with Crippen LogP contribution in [0.5, 0.6) is 0 Å². The van der Waals surface area contributed by atoms with Gasteiger partial charge < -0.3 is 5.11 Å². The van der Waals surface area contributed by atoms with E-state index in [1.54, 1.807) is 19.1 Å². The van der Waals surface area contributed by atoms with Crippen LogP contribution in [0.4, 0.5) is 0 Å². The summed E-state index contributed by atoms with van der Waals surface area (Å²) in [6, 6.07) is 2.33. The molecule has 0 saturated carbocycles. The van der Waals surface area contributed by atoms with E-state index in [4.69, 9.17) is 0 Å². The van der Waals surface area contributed by atoms with Gasteiger partial charge in [-0.3, -0.25) is 0 Å². The Balaban J connectivity index is 2.34. The predicted octanol–water partition coefficient (Wildman–Crippen LogP) is 0.0481. The molecule has 2 N–H and O–H groups in total. The quantitative estimate of drug-likeness (QED) is 0.814. The summed E-state index contributed by atoms with van der Waals surface area (Å²) < 4.78 is 50.0. The molecular weight excluding hydrogens is 314 g/mol. The maximum Gasteiger partial charge on any atom is 0.241 e. The molecule has 1 aromatic rings. The highest BCUT2D eigenvalue weighted by Gasteiger charge is 2.39. The molecule has 2 atom stereocenters. The molecule has 0 unspecified atom stereocenters. The Hall–Kier alpha value is -0.960. The van der Waals surface area contributed by atoms with Gasteiger partial charge >= 0.3 is 0 Å². The Kier molecular flexibility index (Phi) is 4.18. The van der Waals surface area contributed by atoms with E-state index in [1.165, 1.54) is 0 Å². The molecule has 1 aromatic carbocycles. The first-order chi connectivity index (χ1) is 9.52. The third-order valence-electron chi connectivity index (χ3n) is 3.71. The van der Waals surface area contributed by atoms with Crippen molar-refractivity contribution in [2.75, 3.05) is 11.5 Å². The number of sulfone groups is 1. The average molecular weight is 333 g/mol. The molecule has 0 aliphatic carbocycles. The fourth-order valence-corrected chi connectivity index (χ4v) is 5.86. The number of hydrogen-bond acceptors (Lipinski definition) is 5. The lowest BCUT2D eigenvalue weighted by atomic mass is 10.1. The van der Waals surface area contributed by atoms with Crippen LogP contribution in [0.3, 0.4) is 0 Å². The van der Waals surface area contributed by atoms with Crippen molar-refractivity contribution in [3.05, 3.63) is 28.8 Å². The van der Waals surface area contributed by atoms with Crippen LogP contribution in [-0.2, 0) is 19.9 Å². The van der Waals surface area contributed by atoms with Crippen LogP contribution in [0.15, 0.2) is 17.0 Å². The molecule has 1 heterocycles. The number of aryl methyl sites for hydroxylation is 3. The highest BCUT2D eigenvalue weighted by Crippen LogP contribution is 2.22. The largest absolute Gasteiger partial charge is 0.390 e. The van der Waals surface area contributed by atoms with Gasteiger partial charge in [0.15, 0.2) is 9.84 Å². The van der Waals surface area contributed by atoms with Crippen molar-refractivity contribution in [3.63, 3.8) is 0 Å². The van der Waals surface area contributed by atoms with E-state index in [1.807, 2.05) is 13.8 Å². The van der Waals surface area contributed by atoms with E-state index in [0.29, 0.717) is 5.56 Å². The van der Waals surface area contributed by atoms with Crippen LogP contribution in [0.2, 0.25) is 0 Å². The fourth-order valence-electron chi connectivity index (χ4n) is 2.43. The molecule has 21 heavy (non-hydrogen) atoms. The van der Waals surface area contributed by atoms with Gasteiger partial charge in [0.05, 0.1) is 28.5 Å². The Morgan fingerprint density at radius 3 is 2.19 bits per heavy atom. The lowest BCUT2D eigenvalue weighted by Gasteiger charge is -2.17. The van der Waals surface area contributed by atoms with Gasteiger partial charge in [-0.15, -0.1) is 0 Å². The van der Waals surface area contributed by atoms with E-state index in [-0.39, 0.29) is 10.6 Å². The molecule has 0 bridgehead atoms. The van der Waals surface area contributed by atoms with Crippen molar-refractivity contribution >= 4 is 19.9 Å². The minimum absolute atomic E-state index is 0.113. The zero-order chi connectivity index (χ0) is 16.0. The summed E-state index contributed by atoms with van der Waals surface area (Å²) in [4.78, 5) is 0.113. The van der Waals surface area contributed by atoms with Crippen molar-refractivity contribution in [1.82, 2.24) is 4.72 Å². The lowest BCUT2D eigenvalue weighted by Crippen LogP contribution is -2.42. The number of nitrogens with one attached hydrogen (secondary N) is 1. The van der Waals surface area contributed by atoms with Crippen molar-refractivity contribution in [2.24, 2.45) is 0 Å². The standard InChI is InChI=1S/C13H19NO5S2/c1-8-4-10(3)13(5-9(8)2)21(18,19)14-11-6-20(16,17)7-12(11)15/h4-5,11-12,14-15H,6-7H2,1-3H3/t11-,12-/m1/s1. The van der Waals surface area contributed by atoms with Crippen LogP contribution >= 0.6 is 0 Å². The molecular formula is C13H19NO5S2. The lowest BCUT2D eigenvalue weighted by molar-refractivity contribution is 0.176. The number of aliphatic hydroxyl groups excluding tert-OH is 1. The first-order valence-electron chi connectivity index (χ1n) is 6.50. The molecule has 6 nitrogen and oxygen atoms in total. The van der Waals surface area contributed by atoms with Crippen LogP contribution in [-0.4, -0.2) is 45.6 Å². The Bertz CT molecular complexity index is 768. The second-order valence-electron chi connectivity index (χ2n) is 5.57. The molecule has 0 radical (unpaired) electrons. The van der Waals surface area contributed by atoms with Crippen molar-refractivity contribution in [2.45, 2.75) is 37.8 Å². The highest BCUT2D eigenvalue weighted by molar-refractivity contribution is 7.92. The number of aliphatic hydroxyl groups is 1.